The number of benzene rings is 1. The van der Waals surface area contributed by atoms with E-state index in [0.717, 1.165) is 25.2 Å². The summed E-state index contributed by atoms with van der Waals surface area (Å²) in [5.41, 5.74) is 0.859. The molecule has 0 aliphatic heterocycles. The summed E-state index contributed by atoms with van der Waals surface area (Å²) in [6.07, 6.45) is 0.831. The van der Waals surface area contributed by atoms with Gasteiger partial charge in [-0.2, -0.15) is 0 Å². The number of aliphatic hydroxyl groups is 1. The average Bonchev–Trinajstić information content (AvgIpc) is 2.34. The molecule has 0 saturated carbocycles. The number of halogens is 1. The Balaban J connectivity index is 2.46. The first-order valence-electron chi connectivity index (χ1n) is 5.98. The number of aliphatic hydroxyl groups excluding tert-OH is 1. The minimum atomic E-state index is -0.222. The quantitative estimate of drug-likeness (QED) is 0.760. The highest BCUT2D eigenvalue weighted by Crippen LogP contribution is 2.14. The van der Waals surface area contributed by atoms with Crippen molar-refractivity contribution < 1.29 is 9.50 Å². The maximum atomic E-state index is 13.0. The van der Waals surface area contributed by atoms with Crippen LogP contribution in [0.15, 0.2) is 24.3 Å². The number of hydrogen-bond donors (Lipinski definition) is 2. The largest absolute Gasteiger partial charge is 0.395 e. The van der Waals surface area contributed by atoms with Crippen LogP contribution in [-0.4, -0.2) is 37.9 Å². The molecule has 0 aromatic heterocycles. The molecule has 4 heteroatoms. The molecule has 0 heterocycles. The van der Waals surface area contributed by atoms with E-state index in [1.54, 1.807) is 6.07 Å². The maximum absolute atomic E-state index is 13.0. The third kappa shape index (κ3) is 4.71. The highest BCUT2D eigenvalue weighted by atomic mass is 19.1. The lowest BCUT2D eigenvalue weighted by atomic mass is 10.2. The Labute approximate surface area is 102 Å². The SMILES string of the molecule is CCNC(CO)CCN(C)c1cccc(F)c1. The number of hydrogen-bond acceptors (Lipinski definition) is 3. The third-order valence-electron chi connectivity index (χ3n) is 2.78. The number of nitrogens with zero attached hydrogens (tertiary/aromatic N) is 1. The summed E-state index contributed by atoms with van der Waals surface area (Å²) in [6.45, 7) is 3.76. The van der Waals surface area contributed by atoms with Crippen LogP contribution in [0.4, 0.5) is 10.1 Å². The van der Waals surface area contributed by atoms with Gasteiger partial charge in [-0.15, -0.1) is 0 Å². The van der Waals surface area contributed by atoms with Gasteiger partial charge in [0.1, 0.15) is 5.82 Å². The first-order valence-corrected chi connectivity index (χ1v) is 5.98. The molecule has 1 aromatic carbocycles. The van der Waals surface area contributed by atoms with E-state index in [-0.39, 0.29) is 18.5 Å². The summed E-state index contributed by atoms with van der Waals surface area (Å²) < 4.78 is 13.0. The second-order valence-electron chi connectivity index (χ2n) is 4.13. The van der Waals surface area contributed by atoms with Gasteiger partial charge in [-0.25, -0.2) is 4.39 Å². The molecular weight excluding hydrogens is 219 g/mol. The molecule has 0 aliphatic rings. The van der Waals surface area contributed by atoms with E-state index in [9.17, 15) is 4.39 Å². The van der Waals surface area contributed by atoms with Crippen molar-refractivity contribution in [2.45, 2.75) is 19.4 Å². The summed E-state index contributed by atoms with van der Waals surface area (Å²) >= 11 is 0. The monoisotopic (exact) mass is 240 g/mol. The van der Waals surface area contributed by atoms with Crippen molar-refractivity contribution >= 4 is 5.69 Å². The summed E-state index contributed by atoms with van der Waals surface area (Å²) in [7, 11) is 1.93. The van der Waals surface area contributed by atoms with Crippen LogP contribution in [0.25, 0.3) is 0 Å². The molecule has 0 radical (unpaired) electrons. The van der Waals surface area contributed by atoms with Crippen LogP contribution in [0, 0.1) is 5.82 Å². The molecular formula is C13H21FN2O. The van der Waals surface area contributed by atoms with Crippen LogP contribution in [0.5, 0.6) is 0 Å². The maximum Gasteiger partial charge on any atom is 0.125 e. The Morgan fingerprint density at radius 1 is 1.47 bits per heavy atom. The molecule has 0 aliphatic carbocycles. The van der Waals surface area contributed by atoms with Crippen LogP contribution >= 0.6 is 0 Å². The molecule has 0 bridgehead atoms. The lowest BCUT2D eigenvalue weighted by Crippen LogP contribution is -2.35. The van der Waals surface area contributed by atoms with Crippen LogP contribution in [0.2, 0.25) is 0 Å². The molecule has 0 fully saturated rings. The molecule has 0 saturated heterocycles. The van der Waals surface area contributed by atoms with Crippen LogP contribution in [0.1, 0.15) is 13.3 Å². The molecule has 96 valence electrons. The van der Waals surface area contributed by atoms with Gasteiger partial charge >= 0.3 is 0 Å². The fourth-order valence-electron chi connectivity index (χ4n) is 1.74. The van der Waals surface area contributed by atoms with Crippen molar-refractivity contribution in [2.75, 3.05) is 31.6 Å². The van der Waals surface area contributed by atoms with Crippen molar-refractivity contribution in [1.29, 1.82) is 0 Å². The predicted molar refractivity (Wildman–Crippen MR) is 68.8 cm³/mol. The highest BCUT2D eigenvalue weighted by molar-refractivity contribution is 5.45. The summed E-state index contributed by atoms with van der Waals surface area (Å²) in [4.78, 5) is 1.99. The van der Waals surface area contributed by atoms with Gasteiger partial charge < -0.3 is 15.3 Å². The zero-order valence-corrected chi connectivity index (χ0v) is 10.5. The first-order chi connectivity index (χ1) is 8.17. The van der Waals surface area contributed by atoms with Crippen molar-refractivity contribution in [3.8, 4) is 0 Å². The molecule has 3 nitrogen and oxygen atoms in total. The fraction of sp³-hybridized carbons (Fsp3) is 0.538. The summed E-state index contributed by atoms with van der Waals surface area (Å²) in [5.74, 6) is -0.222. The molecule has 1 atom stereocenters. The van der Waals surface area contributed by atoms with Crippen LogP contribution in [0.3, 0.4) is 0 Å². The smallest absolute Gasteiger partial charge is 0.125 e. The molecule has 0 spiro atoms. The van der Waals surface area contributed by atoms with Crippen molar-refractivity contribution in [1.82, 2.24) is 5.32 Å². The standard InChI is InChI=1S/C13H21FN2O/c1-3-15-12(10-17)7-8-16(2)13-6-4-5-11(14)9-13/h4-6,9,12,15,17H,3,7-8,10H2,1-2H3. The minimum absolute atomic E-state index is 0.107. The number of anilines is 1. The van der Waals surface area contributed by atoms with Gasteiger partial charge in [-0.05, 0) is 31.2 Å². The van der Waals surface area contributed by atoms with E-state index in [1.807, 2.05) is 24.9 Å². The van der Waals surface area contributed by atoms with Crippen LogP contribution in [-0.2, 0) is 0 Å². The normalized spacial score (nSPS) is 12.5. The van der Waals surface area contributed by atoms with Gasteiger partial charge in [0, 0.05) is 25.3 Å². The Morgan fingerprint density at radius 2 is 2.24 bits per heavy atom. The minimum Gasteiger partial charge on any atom is -0.395 e. The van der Waals surface area contributed by atoms with E-state index in [4.69, 9.17) is 5.11 Å². The first kappa shape index (κ1) is 13.9. The van der Waals surface area contributed by atoms with E-state index < -0.39 is 0 Å². The topological polar surface area (TPSA) is 35.5 Å². The molecule has 17 heavy (non-hydrogen) atoms. The Hall–Kier alpha value is -1.13. The average molecular weight is 240 g/mol. The molecule has 1 unspecified atom stereocenters. The summed E-state index contributed by atoms with van der Waals surface area (Å²) in [5, 5.41) is 12.3. The third-order valence-corrected chi connectivity index (χ3v) is 2.78. The van der Waals surface area contributed by atoms with Gasteiger partial charge in [0.05, 0.1) is 6.61 Å². The van der Waals surface area contributed by atoms with Gasteiger partial charge in [-0.1, -0.05) is 13.0 Å². The number of likely N-dealkylation sites (N-methyl/N-ethyl adjacent to an activating group) is 1. The lowest BCUT2D eigenvalue weighted by molar-refractivity contribution is 0.238. The van der Waals surface area contributed by atoms with Crippen LogP contribution < -0.4 is 10.2 Å². The molecule has 1 aromatic rings. The van der Waals surface area contributed by atoms with Gasteiger partial charge in [-0.3, -0.25) is 0 Å². The number of rotatable bonds is 7. The van der Waals surface area contributed by atoms with E-state index in [2.05, 4.69) is 5.32 Å². The number of nitrogens with one attached hydrogen (secondary N) is 1. The Morgan fingerprint density at radius 3 is 2.82 bits per heavy atom. The highest BCUT2D eigenvalue weighted by Gasteiger charge is 2.08. The lowest BCUT2D eigenvalue weighted by Gasteiger charge is -2.22. The second-order valence-corrected chi connectivity index (χ2v) is 4.13. The van der Waals surface area contributed by atoms with Crippen molar-refractivity contribution in [2.24, 2.45) is 0 Å². The van der Waals surface area contributed by atoms with Crippen molar-refractivity contribution in [3.05, 3.63) is 30.1 Å². The second kappa shape index (κ2) is 7.25. The zero-order valence-electron chi connectivity index (χ0n) is 10.5. The van der Waals surface area contributed by atoms with E-state index in [1.165, 1.54) is 12.1 Å². The molecule has 1 rings (SSSR count). The van der Waals surface area contributed by atoms with Gasteiger partial charge in [0.2, 0.25) is 0 Å². The fourth-order valence-corrected chi connectivity index (χ4v) is 1.74. The molecule has 0 amide bonds. The van der Waals surface area contributed by atoms with E-state index >= 15 is 0 Å². The Kier molecular flexibility index (Phi) is 5.94. The predicted octanol–water partition coefficient (Wildman–Crippen LogP) is 1.62. The van der Waals surface area contributed by atoms with Gasteiger partial charge in [0.25, 0.3) is 0 Å². The molecule has 2 N–H and O–H groups in total. The Bertz CT molecular complexity index is 333. The van der Waals surface area contributed by atoms with Crippen molar-refractivity contribution in [3.63, 3.8) is 0 Å². The van der Waals surface area contributed by atoms with Gasteiger partial charge in [0.15, 0.2) is 0 Å². The van der Waals surface area contributed by atoms with E-state index in [0.29, 0.717) is 0 Å². The summed E-state index contributed by atoms with van der Waals surface area (Å²) in [6, 6.07) is 6.64. The zero-order chi connectivity index (χ0) is 12.7.